The van der Waals surface area contributed by atoms with Crippen molar-refractivity contribution in [3.05, 3.63) is 24.2 Å². The Labute approximate surface area is 138 Å². The fraction of sp³-hybridized carbons (Fsp3) is 0.722. The number of furan rings is 1. The van der Waals surface area contributed by atoms with E-state index in [9.17, 15) is 9.90 Å². The van der Waals surface area contributed by atoms with E-state index in [1.54, 1.807) is 18.4 Å². The molecular formula is C18H28N2O3. The molecule has 1 amide bonds. The van der Waals surface area contributed by atoms with Crippen LogP contribution in [0, 0.1) is 5.92 Å². The molecule has 23 heavy (non-hydrogen) atoms. The molecule has 1 aromatic heterocycles. The van der Waals surface area contributed by atoms with Gasteiger partial charge in [-0.3, -0.25) is 9.69 Å². The van der Waals surface area contributed by atoms with Crippen LogP contribution < -0.4 is 0 Å². The summed E-state index contributed by atoms with van der Waals surface area (Å²) in [6, 6.07) is 3.71. The van der Waals surface area contributed by atoms with E-state index in [0.29, 0.717) is 18.7 Å². The Morgan fingerprint density at radius 2 is 2.13 bits per heavy atom. The molecule has 0 saturated carbocycles. The van der Waals surface area contributed by atoms with Crippen LogP contribution in [0.25, 0.3) is 0 Å². The van der Waals surface area contributed by atoms with Gasteiger partial charge in [0, 0.05) is 19.0 Å². The number of aliphatic hydroxyl groups excluding tert-OH is 1. The minimum Gasteiger partial charge on any atom is -0.467 e. The predicted octanol–water partition coefficient (Wildman–Crippen LogP) is 2.43. The van der Waals surface area contributed by atoms with Crippen LogP contribution in [0.15, 0.2) is 22.8 Å². The average molecular weight is 320 g/mol. The maximum atomic E-state index is 12.7. The lowest BCUT2D eigenvalue weighted by atomic mass is 9.99. The second-order valence-electron chi connectivity index (χ2n) is 7.11. The molecule has 2 unspecified atom stereocenters. The number of likely N-dealkylation sites (tertiary alicyclic amines) is 2. The van der Waals surface area contributed by atoms with Crippen LogP contribution in [0.1, 0.15) is 50.9 Å². The van der Waals surface area contributed by atoms with Crippen molar-refractivity contribution in [2.45, 2.75) is 51.2 Å². The van der Waals surface area contributed by atoms with Crippen molar-refractivity contribution in [3.8, 4) is 0 Å². The Balaban J connectivity index is 1.52. The van der Waals surface area contributed by atoms with Crippen molar-refractivity contribution in [3.63, 3.8) is 0 Å². The fourth-order valence-electron chi connectivity index (χ4n) is 3.77. The zero-order chi connectivity index (χ0) is 16.2. The molecule has 5 heteroatoms. The Bertz CT molecular complexity index is 494. The van der Waals surface area contributed by atoms with Crippen LogP contribution in [0.4, 0.5) is 0 Å². The Kier molecular flexibility index (Phi) is 5.38. The second kappa shape index (κ2) is 7.49. The van der Waals surface area contributed by atoms with E-state index >= 15 is 0 Å². The van der Waals surface area contributed by atoms with E-state index < -0.39 is 6.10 Å². The van der Waals surface area contributed by atoms with Gasteiger partial charge in [0.2, 0.25) is 5.91 Å². The lowest BCUT2D eigenvalue weighted by Gasteiger charge is -2.32. The summed E-state index contributed by atoms with van der Waals surface area (Å²) in [5, 5.41) is 10.3. The molecule has 2 atom stereocenters. The van der Waals surface area contributed by atoms with Gasteiger partial charge in [-0.2, -0.15) is 0 Å². The third-order valence-electron chi connectivity index (χ3n) is 5.30. The summed E-state index contributed by atoms with van der Waals surface area (Å²) in [5.41, 5.74) is 0. The molecule has 128 valence electrons. The molecule has 0 aromatic carbocycles. The van der Waals surface area contributed by atoms with Crippen LogP contribution in [-0.2, 0) is 4.79 Å². The summed E-state index contributed by atoms with van der Waals surface area (Å²) < 4.78 is 5.27. The Hall–Kier alpha value is -1.33. The van der Waals surface area contributed by atoms with Gasteiger partial charge in [0.05, 0.1) is 12.8 Å². The molecule has 2 saturated heterocycles. The van der Waals surface area contributed by atoms with E-state index in [1.165, 1.54) is 12.8 Å². The van der Waals surface area contributed by atoms with Crippen molar-refractivity contribution >= 4 is 5.91 Å². The van der Waals surface area contributed by atoms with Gasteiger partial charge >= 0.3 is 0 Å². The second-order valence-corrected chi connectivity index (χ2v) is 7.11. The molecule has 2 aliphatic heterocycles. The van der Waals surface area contributed by atoms with Gasteiger partial charge in [-0.15, -0.1) is 0 Å². The van der Waals surface area contributed by atoms with Gasteiger partial charge in [-0.05, 0) is 56.8 Å². The Morgan fingerprint density at radius 1 is 1.35 bits per heavy atom. The highest BCUT2D eigenvalue weighted by molar-refractivity contribution is 5.79. The third kappa shape index (κ3) is 4.15. The van der Waals surface area contributed by atoms with E-state index in [-0.39, 0.29) is 11.9 Å². The molecule has 5 nitrogen and oxygen atoms in total. The number of piperidine rings is 1. The van der Waals surface area contributed by atoms with Gasteiger partial charge < -0.3 is 14.4 Å². The van der Waals surface area contributed by atoms with Crippen LogP contribution in [0.5, 0.6) is 0 Å². The Morgan fingerprint density at radius 3 is 2.83 bits per heavy atom. The van der Waals surface area contributed by atoms with Gasteiger partial charge in [-0.1, -0.05) is 6.92 Å². The van der Waals surface area contributed by atoms with Gasteiger partial charge in [0.15, 0.2) is 0 Å². The van der Waals surface area contributed by atoms with E-state index in [0.717, 1.165) is 38.4 Å². The lowest BCUT2D eigenvalue weighted by Crippen LogP contribution is -2.45. The fourth-order valence-corrected chi connectivity index (χ4v) is 3.77. The summed E-state index contributed by atoms with van der Waals surface area (Å²) in [6.45, 7) is 5.69. The third-order valence-corrected chi connectivity index (χ3v) is 5.30. The summed E-state index contributed by atoms with van der Waals surface area (Å²) in [7, 11) is 0. The van der Waals surface area contributed by atoms with E-state index in [2.05, 4.69) is 11.8 Å². The number of amides is 1. The smallest absolute Gasteiger partial charge is 0.236 e. The molecular weight excluding hydrogens is 292 g/mol. The zero-order valence-electron chi connectivity index (χ0n) is 14.0. The summed E-state index contributed by atoms with van der Waals surface area (Å²) in [6.07, 6.45) is 5.89. The highest BCUT2D eigenvalue weighted by atomic mass is 16.4. The molecule has 0 radical (unpaired) electrons. The number of hydrogen-bond acceptors (Lipinski definition) is 4. The minimum atomic E-state index is -0.626. The first-order chi connectivity index (χ1) is 11.1. The number of aliphatic hydroxyl groups is 1. The molecule has 0 bridgehead atoms. The van der Waals surface area contributed by atoms with Gasteiger partial charge in [-0.25, -0.2) is 0 Å². The van der Waals surface area contributed by atoms with Crippen LogP contribution in [-0.4, -0.2) is 53.0 Å². The monoisotopic (exact) mass is 320 g/mol. The summed E-state index contributed by atoms with van der Waals surface area (Å²) in [4.78, 5) is 16.9. The topological polar surface area (TPSA) is 56.9 Å². The van der Waals surface area contributed by atoms with Crippen molar-refractivity contribution < 1.29 is 14.3 Å². The maximum Gasteiger partial charge on any atom is 0.236 e. The first-order valence-electron chi connectivity index (χ1n) is 8.87. The van der Waals surface area contributed by atoms with Crippen LogP contribution >= 0.6 is 0 Å². The van der Waals surface area contributed by atoms with E-state index in [4.69, 9.17) is 4.42 Å². The quantitative estimate of drug-likeness (QED) is 0.905. The summed E-state index contributed by atoms with van der Waals surface area (Å²) in [5.74, 6) is 1.59. The number of rotatable bonds is 5. The molecule has 0 spiro atoms. The zero-order valence-corrected chi connectivity index (χ0v) is 14.0. The summed E-state index contributed by atoms with van der Waals surface area (Å²) >= 11 is 0. The van der Waals surface area contributed by atoms with E-state index in [1.807, 2.05) is 4.90 Å². The minimum absolute atomic E-state index is 0.131. The van der Waals surface area contributed by atoms with Crippen LogP contribution in [0.3, 0.4) is 0 Å². The normalized spacial score (nSPS) is 25.0. The molecule has 2 fully saturated rings. The number of carbonyl (C=O) groups excluding carboxylic acids is 1. The maximum absolute atomic E-state index is 12.7. The molecule has 3 rings (SSSR count). The molecule has 1 aromatic rings. The van der Waals surface area contributed by atoms with Crippen molar-refractivity contribution in [2.24, 2.45) is 5.92 Å². The molecule has 0 aliphatic carbocycles. The lowest BCUT2D eigenvalue weighted by molar-refractivity contribution is -0.134. The first-order valence-corrected chi connectivity index (χ1v) is 8.87. The molecule has 1 N–H and O–H groups in total. The highest BCUT2D eigenvalue weighted by Crippen LogP contribution is 2.28. The number of carbonyl (C=O) groups is 1. The number of nitrogens with zero attached hydrogens (tertiary/aromatic N) is 2. The highest BCUT2D eigenvalue weighted by Gasteiger charge is 2.32. The SMILES string of the molecule is CC1CCN(CC(=O)N2CCCC2CC(O)c2ccco2)CC1. The molecule has 3 heterocycles. The van der Waals surface area contributed by atoms with Crippen molar-refractivity contribution in [1.82, 2.24) is 9.80 Å². The van der Waals surface area contributed by atoms with Gasteiger partial charge in [0.25, 0.3) is 0 Å². The average Bonchev–Trinajstić information content (AvgIpc) is 3.20. The molecule has 2 aliphatic rings. The first kappa shape index (κ1) is 16.5. The van der Waals surface area contributed by atoms with Crippen LogP contribution in [0.2, 0.25) is 0 Å². The largest absolute Gasteiger partial charge is 0.467 e. The standard InChI is InChI=1S/C18H28N2O3/c1-14-6-9-19(10-7-14)13-18(22)20-8-2-4-15(20)12-16(21)17-5-3-11-23-17/h3,5,11,14-16,21H,2,4,6-10,12-13H2,1H3. The number of hydrogen-bond donors (Lipinski definition) is 1. The van der Waals surface area contributed by atoms with Gasteiger partial charge in [0.1, 0.15) is 11.9 Å². The van der Waals surface area contributed by atoms with Crippen molar-refractivity contribution in [2.75, 3.05) is 26.2 Å². The predicted molar refractivity (Wildman–Crippen MR) is 87.9 cm³/mol. The van der Waals surface area contributed by atoms with Crippen molar-refractivity contribution in [1.29, 1.82) is 0 Å².